The first kappa shape index (κ1) is 18.4. The molecule has 1 saturated carbocycles. The summed E-state index contributed by atoms with van der Waals surface area (Å²) in [6, 6.07) is 8.30. The highest BCUT2D eigenvalue weighted by molar-refractivity contribution is 8.21. The molecule has 2 aliphatic heterocycles. The molecule has 140 valence electrons. The molecule has 2 fully saturated rings. The maximum absolute atomic E-state index is 12.8. The second kappa shape index (κ2) is 7.97. The van der Waals surface area contributed by atoms with Gasteiger partial charge in [0.15, 0.2) is 0 Å². The Hall–Kier alpha value is -0.950. The summed E-state index contributed by atoms with van der Waals surface area (Å²) in [5.41, 5.74) is 7.43. The third-order valence-corrected chi connectivity index (χ3v) is 9.29. The van der Waals surface area contributed by atoms with Crippen LogP contribution in [0.3, 0.4) is 0 Å². The van der Waals surface area contributed by atoms with Crippen molar-refractivity contribution in [3.05, 3.63) is 47.5 Å². The fourth-order valence-electron chi connectivity index (χ4n) is 4.25. The number of nitrogens with two attached hydrogens (primary N) is 1. The molecule has 26 heavy (non-hydrogen) atoms. The molecule has 6 heteroatoms. The Morgan fingerprint density at radius 3 is 2.54 bits per heavy atom. The van der Waals surface area contributed by atoms with Crippen molar-refractivity contribution in [1.29, 1.82) is 0 Å². The third kappa shape index (κ3) is 3.84. The van der Waals surface area contributed by atoms with E-state index in [0.29, 0.717) is 16.7 Å². The normalized spacial score (nSPS) is 27.9. The van der Waals surface area contributed by atoms with Crippen molar-refractivity contribution in [2.75, 3.05) is 24.6 Å². The Kier molecular flexibility index (Phi) is 5.64. The van der Waals surface area contributed by atoms with E-state index in [2.05, 4.69) is 45.9 Å². The Balaban J connectivity index is 1.47. The SMILES string of the molecule is NCc1ccc(C(=O)NC2CCC3(CC2N2CC=CC2)SCCS3)cc1. The van der Waals surface area contributed by atoms with Gasteiger partial charge in [0.25, 0.3) is 5.91 Å². The molecule has 2 heterocycles. The standard InChI is InChI=1S/C20H27N3OS2/c21-14-15-3-5-16(6-4-15)19(24)22-17-7-8-20(25-11-12-26-20)13-18(17)23-9-1-2-10-23/h1-6,17-18H,7-14,21H2,(H,22,24). The highest BCUT2D eigenvalue weighted by Crippen LogP contribution is 2.53. The number of rotatable bonds is 4. The quantitative estimate of drug-likeness (QED) is 0.776. The summed E-state index contributed by atoms with van der Waals surface area (Å²) < 4.78 is 0.372. The van der Waals surface area contributed by atoms with E-state index in [1.54, 1.807) is 0 Å². The topological polar surface area (TPSA) is 58.4 Å². The highest BCUT2D eigenvalue weighted by Gasteiger charge is 2.46. The van der Waals surface area contributed by atoms with Crippen LogP contribution in [0.25, 0.3) is 0 Å². The number of nitrogens with zero attached hydrogens (tertiary/aromatic N) is 1. The maximum atomic E-state index is 12.8. The van der Waals surface area contributed by atoms with Crippen LogP contribution >= 0.6 is 23.5 Å². The Labute approximate surface area is 164 Å². The van der Waals surface area contributed by atoms with Gasteiger partial charge < -0.3 is 11.1 Å². The number of thioether (sulfide) groups is 2. The smallest absolute Gasteiger partial charge is 0.251 e. The second-order valence-corrected chi connectivity index (χ2v) is 10.5. The van der Waals surface area contributed by atoms with Gasteiger partial charge in [0.1, 0.15) is 0 Å². The fraction of sp³-hybridized carbons (Fsp3) is 0.550. The Morgan fingerprint density at radius 1 is 1.19 bits per heavy atom. The third-order valence-electron chi connectivity index (χ3n) is 5.72. The van der Waals surface area contributed by atoms with E-state index in [0.717, 1.165) is 30.6 Å². The van der Waals surface area contributed by atoms with Crippen LogP contribution < -0.4 is 11.1 Å². The predicted octanol–water partition coefficient (Wildman–Crippen LogP) is 2.84. The maximum Gasteiger partial charge on any atom is 0.251 e. The van der Waals surface area contributed by atoms with Crippen molar-refractivity contribution in [2.24, 2.45) is 5.73 Å². The van der Waals surface area contributed by atoms with Crippen molar-refractivity contribution < 1.29 is 4.79 Å². The summed E-state index contributed by atoms with van der Waals surface area (Å²) in [6.07, 6.45) is 7.92. The van der Waals surface area contributed by atoms with Crippen LogP contribution in [0.4, 0.5) is 0 Å². The molecule has 3 N–H and O–H groups in total. The van der Waals surface area contributed by atoms with Gasteiger partial charge in [-0.05, 0) is 37.0 Å². The molecule has 2 unspecified atom stereocenters. The zero-order chi connectivity index (χ0) is 18.0. The zero-order valence-electron chi connectivity index (χ0n) is 15.0. The van der Waals surface area contributed by atoms with Gasteiger partial charge in [-0.2, -0.15) is 0 Å². The minimum Gasteiger partial charge on any atom is -0.348 e. The van der Waals surface area contributed by atoms with E-state index in [1.807, 2.05) is 24.3 Å². The van der Waals surface area contributed by atoms with E-state index in [-0.39, 0.29) is 11.9 Å². The highest BCUT2D eigenvalue weighted by atomic mass is 32.2. The number of nitrogens with one attached hydrogen (secondary N) is 1. The van der Waals surface area contributed by atoms with Gasteiger partial charge in [-0.1, -0.05) is 24.3 Å². The van der Waals surface area contributed by atoms with Crippen LogP contribution in [0.1, 0.15) is 35.2 Å². The van der Waals surface area contributed by atoms with Gasteiger partial charge >= 0.3 is 0 Å². The first-order valence-corrected chi connectivity index (χ1v) is 11.4. The summed E-state index contributed by atoms with van der Waals surface area (Å²) in [6.45, 7) is 2.52. The minimum absolute atomic E-state index is 0.0402. The van der Waals surface area contributed by atoms with Crippen LogP contribution in [0.15, 0.2) is 36.4 Å². The molecule has 4 rings (SSSR count). The van der Waals surface area contributed by atoms with Crippen molar-refractivity contribution in [3.8, 4) is 0 Å². The second-order valence-electron chi connectivity index (χ2n) is 7.32. The molecular formula is C20H27N3OS2. The Morgan fingerprint density at radius 2 is 1.88 bits per heavy atom. The fourth-order valence-corrected chi connectivity index (χ4v) is 7.60. The number of hydrogen-bond donors (Lipinski definition) is 2. The van der Waals surface area contributed by atoms with Gasteiger partial charge in [-0.15, -0.1) is 23.5 Å². The van der Waals surface area contributed by atoms with Crippen LogP contribution in [-0.2, 0) is 6.54 Å². The first-order chi connectivity index (χ1) is 12.7. The van der Waals surface area contributed by atoms with E-state index in [4.69, 9.17) is 5.73 Å². The lowest BCUT2D eigenvalue weighted by Gasteiger charge is -2.45. The largest absolute Gasteiger partial charge is 0.348 e. The van der Waals surface area contributed by atoms with Crippen LogP contribution in [0.2, 0.25) is 0 Å². The molecule has 1 saturated heterocycles. The van der Waals surface area contributed by atoms with E-state index >= 15 is 0 Å². The van der Waals surface area contributed by atoms with Gasteiger partial charge in [-0.3, -0.25) is 9.69 Å². The number of carbonyl (C=O) groups is 1. The van der Waals surface area contributed by atoms with Crippen LogP contribution in [-0.4, -0.2) is 51.6 Å². The molecule has 2 atom stereocenters. The van der Waals surface area contributed by atoms with Gasteiger partial charge in [0, 0.05) is 48.8 Å². The summed E-state index contributed by atoms with van der Waals surface area (Å²) in [5, 5.41) is 3.35. The lowest BCUT2D eigenvalue weighted by Crippen LogP contribution is -2.56. The first-order valence-electron chi connectivity index (χ1n) is 9.46. The molecule has 4 nitrogen and oxygen atoms in total. The Bertz CT molecular complexity index is 662. The van der Waals surface area contributed by atoms with E-state index < -0.39 is 0 Å². The average molecular weight is 390 g/mol. The van der Waals surface area contributed by atoms with Crippen molar-refractivity contribution in [2.45, 2.75) is 42.0 Å². The predicted molar refractivity (Wildman–Crippen MR) is 112 cm³/mol. The van der Waals surface area contributed by atoms with Crippen LogP contribution in [0, 0.1) is 0 Å². The number of amides is 1. The molecule has 1 spiro atoms. The molecule has 0 bridgehead atoms. The van der Waals surface area contributed by atoms with E-state index in [9.17, 15) is 4.79 Å². The van der Waals surface area contributed by atoms with Crippen LogP contribution in [0.5, 0.6) is 0 Å². The minimum atomic E-state index is 0.0402. The van der Waals surface area contributed by atoms with Crippen molar-refractivity contribution in [1.82, 2.24) is 10.2 Å². The number of hydrogen-bond acceptors (Lipinski definition) is 5. The number of benzene rings is 1. The average Bonchev–Trinajstić information content (AvgIpc) is 3.36. The lowest BCUT2D eigenvalue weighted by molar-refractivity contribution is 0.0865. The number of carbonyl (C=O) groups excluding carboxylic acids is 1. The molecule has 3 aliphatic rings. The van der Waals surface area contributed by atoms with E-state index in [1.165, 1.54) is 24.3 Å². The molecular weight excluding hydrogens is 362 g/mol. The zero-order valence-corrected chi connectivity index (χ0v) is 16.7. The molecule has 1 aromatic rings. The van der Waals surface area contributed by atoms with Gasteiger partial charge in [-0.25, -0.2) is 0 Å². The monoisotopic (exact) mass is 389 g/mol. The molecule has 1 aromatic carbocycles. The molecule has 1 aliphatic carbocycles. The molecule has 0 radical (unpaired) electrons. The lowest BCUT2D eigenvalue weighted by atomic mass is 9.88. The molecule has 0 aromatic heterocycles. The van der Waals surface area contributed by atoms with Crippen molar-refractivity contribution in [3.63, 3.8) is 0 Å². The summed E-state index contributed by atoms with van der Waals surface area (Å²) in [7, 11) is 0. The van der Waals surface area contributed by atoms with Gasteiger partial charge in [0.05, 0.1) is 4.08 Å². The van der Waals surface area contributed by atoms with Gasteiger partial charge in [0.2, 0.25) is 0 Å². The summed E-state index contributed by atoms with van der Waals surface area (Å²) in [5.74, 6) is 2.57. The molecule has 1 amide bonds. The summed E-state index contributed by atoms with van der Waals surface area (Å²) in [4.78, 5) is 15.3. The summed E-state index contributed by atoms with van der Waals surface area (Å²) >= 11 is 4.28. The van der Waals surface area contributed by atoms with Crippen molar-refractivity contribution >= 4 is 29.4 Å².